The van der Waals surface area contributed by atoms with Crippen molar-refractivity contribution in [1.29, 1.82) is 0 Å². The Morgan fingerprint density at radius 2 is 1.61 bits per heavy atom. The van der Waals surface area contributed by atoms with Gasteiger partial charge in [0, 0.05) is 23.3 Å². The van der Waals surface area contributed by atoms with Crippen molar-refractivity contribution in [2.45, 2.75) is 13.0 Å². The maximum Gasteiger partial charge on any atom is 0.271 e. The smallest absolute Gasteiger partial charge is 0.271 e. The van der Waals surface area contributed by atoms with Gasteiger partial charge in [-0.15, -0.1) is 11.3 Å². The highest BCUT2D eigenvalue weighted by Crippen LogP contribution is 2.26. The van der Waals surface area contributed by atoms with Crippen LogP contribution in [0, 0.1) is 6.92 Å². The van der Waals surface area contributed by atoms with Crippen LogP contribution in [0.25, 0.3) is 10.6 Å². The highest BCUT2D eigenvalue weighted by molar-refractivity contribution is 7.13. The number of amides is 1. The Balaban J connectivity index is 1.59. The van der Waals surface area contributed by atoms with Crippen LogP contribution in [-0.2, 0) is 0 Å². The van der Waals surface area contributed by atoms with Crippen LogP contribution in [0.4, 0.5) is 0 Å². The van der Waals surface area contributed by atoms with Gasteiger partial charge < -0.3 is 5.32 Å². The summed E-state index contributed by atoms with van der Waals surface area (Å²) in [5.41, 5.74) is 4.62. The molecule has 1 atom stereocenters. The van der Waals surface area contributed by atoms with Gasteiger partial charge in [-0.1, -0.05) is 60.2 Å². The third kappa shape index (κ3) is 4.00. The lowest BCUT2D eigenvalue weighted by Crippen LogP contribution is -2.29. The molecule has 0 bridgehead atoms. The van der Waals surface area contributed by atoms with Crippen molar-refractivity contribution in [3.63, 3.8) is 0 Å². The average Bonchev–Trinajstić information content (AvgIpc) is 3.24. The lowest BCUT2D eigenvalue weighted by Gasteiger charge is -2.19. The molecule has 0 spiro atoms. The molecule has 1 N–H and O–H groups in total. The van der Waals surface area contributed by atoms with Gasteiger partial charge in [-0.25, -0.2) is 4.98 Å². The molecule has 2 aromatic heterocycles. The standard InChI is InChI=1S/C23H19N3OS/c1-16-7-9-19(10-8-16)23-25-20(15-28-23)22(27)26-21(17-5-3-2-4-6-17)18-11-13-24-14-12-18/h2-15,21H,1H3,(H,26,27). The Hall–Kier alpha value is -3.31. The second-order valence-corrected chi connectivity index (χ2v) is 7.36. The molecule has 0 aliphatic rings. The Morgan fingerprint density at radius 3 is 2.32 bits per heavy atom. The zero-order chi connectivity index (χ0) is 19.3. The summed E-state index contributed by atoms with van der Waals surface area (Å²) in [5, 5.41) is 5.76. The van der Waals surface area contributed by atoms with Crippen molar-refractivity contribution in [1.82, 2.24) is 15.3 Å². The van der Waals surface area contributed by atoms with Crippen molar-refractivity contribution in [3.05, 3.63) is 107 Å². The van der Waals surface area contributed by atoms with Crippen molar-refractivity contribution < 1.29 is 4.79 Å². The van der Waals surface area contributed by atoms with Crippen LogP contribution in [-0.4, -0.2) is 15.9 Å². The summed E-state index contributed by atoms with van der Waals surface area (Å²) < 4.78 is 0. The molecule has 0 fully saturated rings. The van der Waals surface area contributed by atoms with Crippen LogP contribution in [0.3, 0.4) is 0 Å². The molecular formula is C23H19N3OS. The Morgan fingerprint density at radius 1 is 0.929 bits per heavy atom. The predicted octanol–water partition coefficient (Wildman–Crippen LogP) is 5.03. The molecule has 2 aromatic carbocycles. The van der Waals surface area contributed by atoms with Crippen LogP contribution >= 0.6 is 11.3 Å². The van der Waals surface area contributed by atoms with E-state index in [4.69, 9.17) is 0 Å². The molecule has 138 valence electrons. The predicted molar refractivity (Wildman–Crippen MR) is 112 cm³/mol. The molecule has 4 nitrogen and oxygen atoms in total. The van der Waals surface area contributed by atoms with Gasteiger partial charge in [-0.2, -0.15) is 0 Å². The van der Waals surface area contributed by atoms with Crippen molar-refractivity contribution >= 4 is 17.2 Å². The molecule has 0 saturated heterocycles. The monoisotopic (exact) mass is 385 g/mol. The number of carbonyl (C=O) groups excluding carboxylic acids is 1. The number of thiazole rings is 1. The highest BCUT2D eigenvalue weighted by atomic mass is 32.1. The quantitative estimate of drug-likeness (QED) is 0.524. The molecule has 0 aliphatic heterocycles. The molecule has 5 heteroatoms. The van der Waals surface area contributed by atoms with Crippen molar-refractivity contribution in [3.8, 4) is 10.6 Å². The number of hydrogen-bond donors (Lipinski definition) is 1. The van der Waals surface area contributed by atoms with E-state index in [9.17, 15) is 4.79 Å². The second-order valence-electron chi connectivity index (χ2n) is 6.50. The Kier molecular flexibility index (Phi) is 5.26. The van der Waals surface area contributed by atoms with Gasteiger partial charge in [0.15, 0.2) is 0 Å². The Bertz CT molecular complexity index is 1020. The number of rotatable bonds is 5. The lowest BCUT2D eigenvalue weighted by molar-refractivity contribution is 0.0938. The minimum Gasteiger partial charge on any atom is -0.340 e. The maximum atomic E-state index is 12.9. The molecular weight excluding hydrogens is 366 g/mol. The summed E-state index contributed by atoms with van der Waals surface area (Å²) in [5.74, 6) is -0.194. The summed E-state index contributed by atoms with van der Waals surface area (Å²) in [6.07, 6.45) is 3.46. The van der Waals surface area contributed by atoms with Crippen LogP contribution in [0.5, 0.6) is 0 Å². The van der Waals surface area contributed by atoms with E-state index in [-0.39, 0.29) is 11.9 Å². The largest absolute Gasteiger partial charge is 0.340 e. The van der Waals surface area contributed by atoms with Gasteiger partial charge in [0.05, 0.1) is 6.04 Å². The second kappa shape index (κ2) is 8.15. The third-order valence-corrected chi connectivity index (χ3v) is 5.37. The third-order valence-electron chi connectivity index (χ3n) is 4.48. The molecule has 28 heavy (non-hydrogen) atoms. The fourth-order valence-corrected chi connectivity index (χ4v) is 3.78. The van der Waals surface area contributed by atoms with Crippen LogP contribution in [0.2, 0.25) is 0 Å². The summed E-state index contributed by atoms with van der Waals surface area (Å²) in [4.78, 5) is 21.5. The molecule has 0 saturated carbocycles. The zero-order valence-electron chi connectivity index (χ0n) is 15.4. The average molecular weight is 385 g/mol. The zero-order valence-corrected chi connectivity index (χ0v) is 16.2. The fraction of sp³-hybridized carbons (Fsp3) is 0.0870. The van der Waals surface area contributed by atoms with E-state index in [1.54, 1.807) is 17.8 Å². The maximum absolute atomic E-state index is 12.9. The van der Waals surface area contributed by atoms with Gasteiger partial charge in [-0.05, 0) is 30.2 Å². The summed E-state index contributed by atoms with van der Waals surface area (Å²) in [6, 6.07) is 21.6. The van der Waals surface area contributed by atoms with Crippen LogP contribution in [0.15, 0.2) is 84.5 Å². The number of nitrogens with zero attached hydrogens (tertiary/aromatic N) is 2. The van der Waals surface area contributed by atoms with Gasteiger partial charge in [0.25, 0.3) is 5.91 Å². The number of aromatic nitrogens is 2. The van der Waals surface area contributed by atoms with E-state index in [1.165, 1.54) is 16.9 Å². The van der Waals surface area contributed by atoms with Gasteiger partial charge >= 0.3 is 0 Å². The van der Waals surface area contributed by atoms with E-state index in [0.717, 1.165) is 21.7 Å². The van der Waals surface area contributed by atoms with Crippen molar-refractivity contribution in [2.24, 2.45) is 0 Å². The molecule has 1 amide bonds. The lowest BCUT2D eigenvalue weighted by atomic mass is 9.99. The van der Waals surface area contributed by atoms with E-state index in [1.807, 2.05) is 73.7 Å². The SMILES string of the molecule is Cc1ccc(-c2nc(C(=O)NC(c3ccccc3)c3ccncc3)cs2)cc1. The summed E-state index contributed by atoms with van der Waals surface area (Å²) in [7, 11) is 0. The molecule has 4 aromatic rings. The van der Waals surface area contributed by atoms with E-state index in [2.05, 4.69) is 15.3 Å². The van der Waals surface area contributed by atoms with E-state index in [0.29, 0.717) is 5.69 Å². The summed E-state index contributed by atoms with van der Waals surface area (Å²) >= 11 is 1.47. The number of nitrogens with one attached hydrogen (secondary N) is 1. The first-order valence-electron chi connectivity index (χ1n) is 8.99. The number of pyridine rings is 1. The Labute approximate surface area is 167 Å². The van der Waals surface area contributed by atoms with Crippen LogP contribution < -0.4 is 5.32 Å². The van der Waals surface area contributed by atoms with Crippen LogP contribution in [0.1, 0.15) is 33.2 Å². The minimum absolute atomic E-state index is 0.194. The molecule has 4 rings (SSSR count). The first-order chi connectivity index (χ1) is 13.7. The number of hydrogen-bond acceptors (Lipinski definition) is 4. The highest BCUT2D eigenvalue weighted by Gasteiger charge is 2.19. The molecule has 2 heterocycles. The topological polar surface area (TPSA) is 54.9 Å². The molecule has 1 unspecified atom stereocenters. The van der Waals surface area contributed by atoms with Gasteiger partial charge in [0.2, 0.25) is 0 Å². The normalized spacial score (nSPS) is 11.8. The molecule has 0 radical (unpaired) electrons. The summed E-state index contributed by atoms with van der Waals surface area (Å²) in [6.45, 7) is 2.05. The number of carbonyl (C=O) groups is 1. The van der Waals surface area contributed by atoms with Gasteiger partial charge in [0.1, 0.15) is 10.7 Å². The van der Waals surface area contributed by atoms with Gasteiger partial charge in [-0.3, -0.25) is 9.78 Å². The minimum atomic E-state index is -0.263. The molecule has 0 aliphatic carbocycles. The fourth-order valence-electron chi connectivity index (χ4n) is 2.97. The van der Waals surface area contributed by atoms with E-state index < -0.39 is 0 Å². The first-order valence-corrected chi connectivity index (χ1v) is 9.87. The first kappa shape index (κ1) is 18.1. The van der Waals surface area contributed by atoms with E-state index >= 15 is 0 Å². The van der Waals surface area contributed by atoms with Crippen molar-refractivity contribution in [2.75, 3.05) is 0 Å². The number of aryl methyl sites for hydroxylation is 1. The number of benzene rings is 2.